The largest absolute Gasteiger partial charge is 0.354 e. The third-order valence-electron chi connectivity index (χ3n) is 5.85. The topological polar surface area (TPSA) is 3.24 Å². The Kier molecular flexibility index (Phi) is 2.96. The maximum Gasteiger partial charge on any atom is 0.0872 e. The highest BCUT2D eigenvalue weighted by molar-refractivity contribution is 7.37. The van der Waals surface area contributed by atoms with E-state index in [2.05, 4.69) is 54.5 Å². The summed E-state index contributed by atoms with van der Waals surface area (Å²) in [5.41, 5.74) is 4.75. The molecule has 1 spiro atoms. The average molecular weight is 340 g/mol. The molecule has 1 unspecified atom stereocenters. The fourth-order valence-corrected chi connectivity index (χ4v) is 7.36. The van der Waals surface area contributed by atoms with Gasteiger partial charge in [0.25, 0.3) is 0 Å². The van der Waals surface area contributed by atoms with E-state index < -0.39 is 0 Å². The summed E-state index contributed by atoms with van der Waals surface area (Å²) in [6, 6.07) is 11.8. The highest BCUT2D eigenvalue weighted by atomic mass is 32.2. The van der Waals surface area contributed by atoms with Gasteiger partial charge in [-0.15, -0.1) is 22.7 Å². The van der Waals surface area contributed by atoms with Crippen LogP contribution in [0.4, 0.5) is 5.69 Å². The summed E-state index contributed by atoms with van der Waals surface area (Å²) in [7, 11) is 0. The van der Waals surface area contributed by atoms with Gasteiger partial charge in [0.05, 0.1) is 15.6 Å². The summed E-state index contributed by atoms with van der Waals surface area (Å²) in [5.74, 6) is 0. The molecule has 1 nitrogen and oxygen atoms in total. The van der Waals surface area contributed by atoms with Gasteiger partial charge in [-0.3, -0.25) is 0 Å². The Morgan fingerprint density at radius 2 is 1.91 bits per heavy atom. The molecular weight excluding hydrogens is 318 g/mol. The van der Waals surface area contributed by atoms with E-state index in [0.717, 1.165) is 0 Å². The number of thiophene rings is 2. The first-order chi connectivity index (χ1) is 11.2. The van der Waals surface area contributed by atoms with E-state index in [-0.39, 0.29) is 5.54 Å². The molecule has 23 heavy (non-hydrogen) atoms. The van der Waals surface area contributed by atoms with Gasteiger partial charge in [-0.2, -0.15) is 0 Å². The van der Waals surface area contributed by atoms with E-state index in [9.17, 15) is 0 Å². The monoisotopic (exact) mass is 339 g/mol. The molecule has 0 radical (unpaired) electrons. The van der Waals surface area contributed by atoms with Gasteiger partial charge in [-0.1, -0.05) is 31.0 Å². The third kappa shape index (κ3) is 1.72. The molecule has 0 N–H and O–H groups in total. The van der Waals surface area contributed by atoms with Crippen molar-refractivity contribution in [3.05, 3.63) is 51.7 Å². The molecule has 1 aliphatic heterocycles. The normalized spacial score (nSPS) is 22.3. The van der Waals surface area contributed by atoms with Crippen LogP contribution in [0.1, 0.15) is 54.7 Å². The second kappa shape index (κ2) is 4.84. The molecule has 5 rings (SSSR count). The standard InChI is InChI=1S/C20H21NS2/c1-13-7-3-4-8-16(13)21-14(2)18-17(20(21)10-5-6-11-20)15-9-12-22-19(15)23-18/h3-4,7-9,12,14H,5-6,10-11H2,1-2H3. The lowest BCUT2D eigenvalue weighted by molar-refractivity contribution is 0.418. The Hall–Kier alpha value is -1.32. The number of rotatable bonds is 1. The summed E-state index contributed by atoms with van der Waals surface area (Å²) < 4.78 is 1.53. The minimum absolute atomic E-state index is 0.236. The molecule has 0 bridgehead atoms. The van der Waals surface area contributed by atoms with E-state index in [4.69, 9.17) is 0 Å². The van der Waals surface area contributed by atoms with Crippen molar-refractivity contribution in [2.75, 3.05) is 4.90 Å². The van der Waals surface area contributed by atoms with Gasteiger partial charge in [0.1, 0.15) is 0 Å². The van der Waals surface area contributed by atoms with Crippen LogP contribution in [0.15, 0.2) is 35.7 Å². The van der Waals surface area contributed by atoms with E-state index in [1.54, 1.807) is 15.8 Å². The fourth-order valence-electron chi connectivity index (χ4n) is 4.95. The first-order valence-corrected chi connectivity index (χ1v) is 10.3. The number of anilines is 1. The summed E-state index contributed by atoms with van der Waals surface area (Å²) >= 11 is 3.96. The first kappa shape index (κ1) is 14.1. The lowest BCUT2D eigenvalue weighted by Crippen LogP contribution is -2.40. The molecule has 1 aromatic carbocycles. The number of nitrogens with zero attached hydrogens (tertiary/aromatic N) is 1. The molecule has 1 saturated carbocycles. The van der Waals surface area contributed by atoms with Crippen molar-refractivity contribution >= 4 is 37.8 Å². The quantitative estimate of drug-likeness (QED) is 0.481. The zero-order chi connectivity index (χ0) is 15.6. The molecule has 0 amide bonds. The average Bonchev–Trinajstić information content (AvgIpc) is 3.26. The molecule has 2 aromatic heterocycles. The van der Waals surface area contributed by atoms with Crippen molar-refractivity contribution in [2.45, 2.75) is 51.1 Å². The van der Waals surface area contributed by atoms with Crippen molar-refractivity contribution in [2.24, 2.45) is 0 Å². The van der Waals surface area contributed by atoms with Crippen LogP contribution >= 0.6 is 22.7 Å². The number of aryl methyl sites for hydroxylation is 1. The van der Waals surface area contributed by atoms with Crippen LogP contribution in [0.5, 0.6) is 0 Å². The molecule has 1 fully saturated rings. The minimum Gasteiger partial charge on any atom is -0.354 e. The fraction of sp³-hybridized carbons (Fsp3) is 0.400. The zero-order valence-corrected chi connectivity index (χ0v) is 15.3. The Bertz CT molecular complexity index is 882. The lowest BCUT2D eigenvalue weighted by atomic mass is 9.88. The van der Waals surface area contributed by atoms with Gasteiger partial charge in [0, 0.05) is 21.5 Å². The molecule has 0 saturated heterocycles. The van der Waals surface area contributed by atoms with Gasteiger partial charge in [-0.05, 0) is 49.8 Å². The number of hydrogen-bond donors (Lipinski definition) is 0. The second-order valence-electron chi connectivity index (χ2n) is 7.03. The first-order valence-electron chi connectivity index (χ1n) is 8.58. The van der Waals surface area contributed by atoms with E-state index >= 15 is 0 Å². The molecule has 118 valence electrons. The van der Waals surface area contributed by atoms with Crippen LogP contribution in [0.3, 0.4) is 0 Å². The predicted molar refractivity (Wildman–Crippen MR) is 102 cm³/mol. The summed E-state index contributed by atoms with van der Waals surface area (Å²) in [4.78, 5) is 4.39. The molecule has 2 aliphatic rings. The van der Waals surface area contributed by atoms with Gasteiger partial charge in [0.15, 0.2) is 0 Å². The van der Waals surface area contributed by atoms with Crippen LogP contribution in [-0.4, -0.2) is 0 Å². The van der Waals surface area contributed by atoms with Crippen LogP contribution in [-0.2, 0) is 5.54 Å². The highest BCUT2D eigenvalue weighted by Gasteiger charge is 2.52. The van der Waals surface area contributed by atoms with Crippen molar-refractivity contribution in [1.29, 1.82) is 0 Å². The number of hydrogen-bond acceptors (Lipinski definition) is 3. The van der Waals surface area contributed by atoms with Crippen molar-refractivity contribution in [3.63, 3.8) is 0 Å². The smallest absolute Gasteiger partial charge is 0.0872 e. The zero-order valence-electron chi connectivity index (χ0n) is 13.6. The SMILES string of the molecule is Cc1ccccc1N1C(C)c2sc3sccc3c2C12CCCC2. The number of fused-ring (bicyclic) bond motifs is 4. The maximum atomic E-state index is 2.77. The highest BCUT2D eigenvalue weighted by Crippen LogP contribution is 2.61. The van der Waals surface area contributed by atoms with Crippen LogP contribution in [0, 0.1) is 6.92 Å². The third-order valence-corrected chi connectivity index (χ3v) is 8.26. The minimum atomic E-state index is 0.236. The van der Waals surface area contributed by atoms with Crippen LogP contribution in [0.2, 0.25) is 0 Å². The van der Waals surface area contributed by atoms with Crippen molar-refractivity contribution < 1.29 is 0 Å². The summed E-state index contributed by atoms with van der Waals surface area (Å²) in [6.07, 6.45) is 5.33. The van der Waals surface area contributed by atoms with Crippen molar-refractivity contribution in [1.82, 2.24) is 0 Å². The number of para-hydroxylation sites is 1. The lowest BCUT2D eigenvalue weighted by Gasteiger charge is -2.41. The van der Waals surface area contributed by atoms with Gasteiger partial charge >= 0.3 is 0 Å². The maximum absolute atomic E-state index is 2.77. The van der Waals surface area contributed by atoms with Gasteiger partial charge in [-0.25, -0.2) is 0 Å². The molecular formula is C20H21NS2. The van der Waals surface area contributed by atoms with E-state index in [1.165, 1.54) is 40.9 Å². The van der Waals surface area contributed by atoms with Crippen LogP contribution < -0.4 is 4.90 Å². The van der Waals surface area contributed by atoms with Crippen molar-refractivity contribution in [3.8, 4) is 0 Å². The van der Waals surface area contributed by atoms with E-state index in [0.29, 0.717) is 6.04 Å². The molecule has 3 aromatic rings. The van der Waals surface area contributed by atoms with Crippen LogP contribution in [0.25, 0.3) is 9.40 Å². The Labute approximate surface area is 145 Å². The van der Waals surface area contributed by atoms with E-state index in [1.807, 2.05) is 22.7 Å². The molecule has 1 aliphatic carbocycles. The molecule has 1 atom stereocenters. The summed E-state index contributed by atoms with van der Waals surface area (Å²) in [5, 5.41) is 3.81. The van der Waals surface area contributed by atoms with Gasteiger partial charge in [0.2, 0.25) is 0 Å². The second-order valence-corrected chi connectivity index (χ2v) is 9.26. The van der Waals surface area contributed by atoms with Gasteiger partial charge < -0.3 is 4.90 Å². The summed E-state index contributed by atoms with van der Waals surface area (Å²) in [6.45, 7) is 4.68. The Morgan fingerprint density at radius 1 is 1.13 bits per heavy atom. The predicted octanol–water partition coefficient (Wildman–Crippen LogP) is 6.62. The molecule has 3 heterocycles. The molecule has 3 heteroatoms. The number of benzene rings is 1. The Morgan fingerprint density at radius 3 is 2.70 bits per heavy atom. The Balaban J connectivity index is 1.79.